The predicted octanol–water partition coefficient (Wildman–Crippen LogP) is 4.02. The second-order valence-corrected chi connectivity index (χ2v) is 6.98. The van der Waals surface area contributed by atoms with Gasteiger partial charge in [0.05, 0.1) is 13.0 Å². The Morgan fingerprint density at radius 1 is 1.33 bits per heavy atom. The number of hydrogen-bond donors (Lipinski definition) is 1. The highest BCUT2D eigenvalue weighted by Crippen LogP contribution is 2.29. The molecule has 0 aliphatic carbocycles. The van der Waals surface area contributed by atoms with Gasteiger partial charge in [-0.1, -0.05) is 6.07 Å². The summed E-state index contributed by atoms with van der Waals surface area (Å²) >= 11 is 0. The number of aromatic nitrogens is 1. The molecule has 6 heteroatoms. The standard InChI is InChI=1S/C21H26FN3O2/c1-15-11-19(24-18-7-3-6-17(22)12-18)13-20(23-15)16-5-4-9-25(14-16)21(26)8-10-27-2/h3,6-7,11-13,16H,4-5,8-10,14H2,1-2H3,(H,23,24)/t16-/m1/s1. The molecule has 144 valence electrons. The van der Waals surface area contributed by atoms with E-state index in [1.54, 1.807) is 13.2 Å². The molecule has 0 spiro atoms. The van der Waals surface area contributed by atoms with Crippen LogP contribution in [-0.2, 0) is 9.53 Å². The molecule has 1 atom stereocenters. The molecule has 27 heavy (non-hydrogen) atoms. The zero-order valence-corrected chi connectivity index (χ0v) is 15.9. The largest absolute Gasteiger partial charge is 0.384 e. The predicted molar refractivity (Wildman–Crippen MR) is 104 cm³/mol. The van der Waals surface area contributed by atoms with Gasteiger partial charge in [0, 0.05) is 48.9 Å². The van der Waals surface area contributed by atoms with Gasteiger partial charge in [0.1, 0.15) is 5.82 Å². The molecule has 1 aromatic heterocycles. The summed E-state index contributed by atoms with van der Waals surface area (Å²) in [5.74, 6) is 0.0639. The fraction of sp³-hybridized carbons (Fsp3) is 0.429. The van der Waals surface area contributed by atoms with Crippen molar-refractivity contribution in [2.24, 2.45) is 0 Å². The fourth-order valence-electron chi connectivity index (χ4n) is 3.50. The summed E-state index contributed by atoms with van der Waals surface area (Å²) in [6, 6.07) is 10.3. The third-order valence-electron chi connectivity index (χ3n) is 4.80. The minimum Gasteiger partial charge on any atom is -0.384 e. The van der Waals surface area contributed by atoms with Gasteiger partial charge in [-0.2, -0.15) is 0 Å². The van der Waals surface area contributed by atoms with Crippen LogP contribution in [0.4, 0.5) is 15.8 Å². The summed E-state index contributed by atoms with van der Waals surface area (Å²) in [6.45, 7) is 3.87. The number of nitrogens with zero attached hydrogens (tertiary/aromatic N) is 2. The molecule has 1 aliphatic rings. The van der Waals surface area contributed by atoms with Crippen LogP contribution < -0.4 is 5.32 Å². The van der Waals surface area contributed by atoms with Gasteiger partial charge in [-0.3, -0.25) is 9.78 Å². The summed E-state index contributed by atoms with van der Waals surface area (Å²) in [6.07, 6.45) is 2.38. The van der Waals surface area contributed by atoms with Crippen LogP contribution in [0.2, 0.25) is 0 Å². The molecule has 1 amide bonds. The molecule has 0 saturated carbocycles. The summed E-state index contributed by atoms with van der Waals surface area (Å²) in [4.78, 5) is 18.9. The van der Waals surface area contributed by atoms with Gasteiger partial charge in [-0.05, 0) is 50.1 Å². The Balaban J connectivity index is 1.74. The van der Waals surface area contributed by atoms with Crippen LogP contribution in [0.25, 0.3) is 0 Å². The van der Waals surface area contributed by atoms with E-state index >= 15 is 0 Å². The first-order valence-electron chi connectivity index (χ1n) is 9.33. The lowest BCUT2D eigenvalue weighted by molar-refractivity contribution is -0.133. The number of methoxy groups -OCH3 is 1. The number of amides is 1. The molecular weight excluding hydrogens is 345 g/mol. The van der Waals surface area contributed by atoms with Gasteiger partial charge < -0.3 is 15.0 Å². The van der Waals surface area contributed by atoms with Crippen LogP contribution >= 0.6 is 0 Å². The fourth-order valence-corrected chi connectivity index (χ4v) is 3.50. The van der Waals surface area contributed by atoms with Crippen molar-refractivity contribution in [1.82, 2.24) is 9.88 Å². The van der Waals surface area contributed by atoms with Crippen LogP contribution in [0.3, 0.4) is 0 Å². The van der Waals surface area contributed by atoms with Gasteiger partial charge in [-0.25, -0.2) is 4.39 Å². The van der Waals surface area contributed by atoms with Gasteiger partial charge >= 0.3 is 0 Å². The first-order valence-corrected chi connectivity index (χ1v) is 9.33. The highest BCUT2D eigenvalue weighted by atomic mass is 19.1. The average Bonchev–Trinajstić information content (AvgIpc) is 2.66. The number of carbonyl (C=O) groups excluding carboxylic acids is 1. The smallest absolute Gasteiger partial charge is 0.224 e. The molecule has 1 aliphatic heterocycles. The molecule has 2 aromatic rings. The quantitative estimate of drug-likeness (QED) is 0.833. The Kier molecular flexibility index (Phi) is 6.40. The van der Waals surface area contributed by atoms with E-state index < -0.39 is 0 Å². The molecule has 0 radical (unpaired) electrons. The van der Waals surface area contributed by atoms with Crippen molar-refractivity contribution in [3.05, 3.63) is 53.6 Å². The van der Waals surface area contributed by atoms with E-state index in [1.807, 2.05) is 30.0 Å². The third kappa shape index (κ3) is 5.26. The van der Waals surface area contributed by atoms with E-state index in [2.05, 4.69) is 5.32 Å². The first-order chi connectivity index (χ1) is 13.0. The SMILES string of the molecule is COCCC(=O)N1CCC[C@@H](c2cc(Nc3cccc(F)c3)cc(C)n2)C1. The second-order valence-electron chi connectivity index (χ2n) is 6.98. The maximum atomic E-state index is 13.4. The summed E-state index contributed by atoms with van der Waals surface area (Å²) in [7, 11) is 1.61. The van der Waals surface area contributed by atoms with E-state index in [-0.39, 0.29) is 17.6 Å². The highest BCUT2D eigenvalue weighted by Gasteiger charge is 2.25. The molecule has 1 fully saturated rings. The Hall–Kier alpha value is -2.47. The maximum absolute atomic E-state index is 13.4. The summed E-state index contributed by atoms with van der Waals surface area (Å²) < 4.78 is 18.4. The second kappa shape index (κ2) is 8.95. The number of likely N-dealkylation sites (tertiary alicyclic amines) is 1. The molecule has 5 nitrogen and oxygen atoms in total. The Morgan fingerprint density at radius 3 is 2.96 bits per heavy atom. The number of halogens is 1. The summed E-state index contributed by atoms with van der Waals surface area (Å²) in [5, 5.41) is 3.25. The molecule has 1 saturated heterocycles. The Bertz CT molecular complexity index is 797. The van der Waals surface area contributed by atoms with Crippen LogP contribution in [0, 0.1) is 12.7 Å². The zero-order valence-electron chi connectivity index (χ0n) is 15.9. The zero-order chi connectivity index (χ0) is 19.2. The molecular formula is C21H26FN3O2. The van der Waals surface area contributed by atoms with Crippen molar-refractivity contribution in [3.8, 4) is 0 Å². The van der Waals surface area contributed by atoms with Crippen molar-refractivity contribution < 1.29 is 13.9 Å². The maximum Gasteiger partial charge on any atom is 0.224 e. The summed E-state index contributed by atoms with van der Waals surface area (Å²) in [5.41, 5.74) is 3.45. The van der Waals surface area contributed by atoms with Crippen molar-refractivity contribution in [1.29, 1.82) is 0 Å². The molecule has 2 heterocycles. The lowest BCUT2D eigenvalue weighted by Gasteiger charge is -2.33. The number of carbonyl (C=O) groups is 1. The van der Waals surface area contributed by atoms with Gasteiger partial charge in [0.25, 0.3) is 0 Å². The highest BCUT2D eigenvalue weighted by molar-refractivity contribution is 5.76. The average molecular weight is 371 g/mol. The number of piperidine rings is 1. The number of nitrogens with one attached hydrogen (secondary N) is 1. The third-order valence-corrected chi connectivity index (χ3v) is 4.80. The molecule has 0 unspecified atom stereocenters. The minimum absolute atomic E-state index is 0.132. The Morgan fingerprint density at radius 2 is 2.19 bits per heavy atom. The van der Waals surface area contributed by atoms with Crippen LogP contribution in [0.15, 0.2) is 36.4 Å². The number of ether oxygens (including phenoxy) is 1. The number of aryl methyl sites for hydroxylation is 1. The van der Waals surface area contributed by atoms with Crippen molar-refractivity contribution in [2.45, 2.75) is 32.1 Å². The molecule has 0 bridgehead atoms. The molecule has 1 N–H and O–H groups in total. The van der Waals surface area contributed by atoms with Crippen LogP contribution in [0.1, 0.15) is 36.6 Å². The van der Waals surface area contributed by atoms with Crippen molar-refractivity contribution in [2.75, 3.05) is 32.1 Å². The number of pyridine rings is 1. The van der Waals surface area contributed by atoms with Crippen molar-refractivity contribution in [3.63, 3.8) is 0 Å². The van der Waals surface area contributed by atoms with E-state index in [1.165, 1.54) is 12.1 Å². The van der Waals surface area contributed by atoms with Crippen molar-refractivity contribution >= 4 is 17.3 Å². The van der Waals surface area contributed by atoms with E-state index in [0.29, 0.717) is 25.3 Å². The minimum atomic E-state index is -0.275. The normalized spacial score (nSPS) is 17.0. The lowest BCUT2D eigenvalue weighted by atomic mass is 9.93. The van der Waals surface area contributed by atoms with Gasteiger partial charge in [0.2, 0.25) is 5.91 Å². The number of benzene rings is 1. The Labute approximate surface area is 159 Å². The topological polar surface area (TPSA) is 54.5 Å². The monoisotopic (exact) mass is 371 g/mol. The van der Waals surface area contributed by atoms with Gasteiger partial charge in [0.15, 0.2) is 0 Å². The van der Waals surface area contributed by atoms with E-state index in [0.717, 1.165) is 36.5 Å². The molecule has 1 aromatic carbocycles. The van der Waals surface area contributed by atoms with E-state index in [9.17, 15) is 9.18 Å². The number of hydrogen-bond acceptors (Lipinski definition) is 4. The van der Waals surface area contributed by atoms with E-state index in [4.69, 9.17) is 9.72 Å². The number of rotatable bonds is 6. The first kappa shape index (κ1) is 19.3. The van der Waals surface area contributed by atoms with Crippen LogP contribution in [0.5, 0.6) is 0 Å². The van der Waals surface area contributed by atoms with Crippen LogP contribution in [-0.4, -0.2) is 42.6 Å². The molecule has 3 rings (SSSR count). The number of anilines is 2. The lowest BCUT2D eigenvalue weighted by Crippen LogP contribution is -2.39. The van der Waals surface area contributed by atoms with Gasteiger partial charge in [-0.15, -0.1) is 0 Å².